The molecule has 1 aromatic rings. The number of benzene rings is 1. The Morgan fingerprint density at radius 3 is 3.13 bits per heavy atom. The number of nitrogens with zero attached hydrogens (tertiary/aromatic N) is 1. The van der Waals surface area contributed by atoms with Crippen molar-refractivity contribution in [2.45, 2.75) is 0 Å². The molecule has 1 aliphatic rings. The topological polar surface area (TPSA) is 32.3 Å². The van der Waals surface area contributed by atoms with Crippen LogP contribution in [-0.4, -0.2) is 19.0 Å². The summed E-state index contributed by atoms with van der Waals surface area (Å²) in [5, 5.41) is 2.81. The van der Waals surface area contributed by atoms with Gasteiger partial charge < -0.3 is 10.2 Å². The summed E-state index contributed by atoms with van der Waals surface area (Å²) in [6, 6.07) is 5.70. The molecule has 0 radical (unpaired) electrons. The van der Waals surface area contributed by atoms with Gasteiger partial charge in [-0.2, -0.15) is 0 Å². The average molecular weight is 265 g/mol. The molecule has 0 aliphatic carbocycles. The number of carbonyl (C=O) groups excluding carboxylic acids is 1. The van der Waals surface area contributed by atoms with Gasteiger partial charge in [-0.05, 0) is 18.2 Å². The van der Waals surface area contributed by atoms with Crippen molar-refractivity contribution in [3.63, 3.8) is 0 Å². The van der Waals surface area contributed by atoms with Gasteiger partial charge >= 0.3 is 0 Å². The van der Waals surface area contributed by atoms with Gasteiger partial charge in [-0.3, -0.25) is 4.79 Å². The van der Waals surface area contributed by atoms with E-state index in [1.54, 1.807) is 0 Å². The van der Waals surface area contributed by atoms with Gasteiger partial charge in [-0.25, -0.2) is 0 Å². The summed E-state index contributed by atoms with van der Waals surface area (Å²) < 4.78 is 0.972. The van der Waals surface area contributed by atoms with E-state index >= 15 is 0 Å². The molecule has 0 unspecified atom stereocenters. The first-order valence-electron chi connectivity index (χ1n) is 4.48. The van der Waals surface area contributed by atoms with Crippen molar-refractivity contribution < 1.29 is 4.79 Å². The SMILES string of the molecule is C#CCN1CC(=O)Nc2ccc(Br)cc21. The second-order valence-corrected chi connectivity index (χ2v) is 4.19. The molecule has 0 saturated heterocycles. The Balaban J connectivity index is 2.43. The Morgan fingerprint density at radius 2 is 2.40 bits per heavy atom. The van der Waals surface area contributed by atoms with Crippen molar-refractivity contribution in [2.24, 2.45) is 0 Å². The summed E-state index contributed by atoms with van der Waals surface area (Å²) in [6.07, 6.45) is 5.26. The zero-order chi connectivity index (χ0) is 10.8. The predicted molar refractivity (Wildman–Crippen MR) is 63.8 cm³/mol. The minimum Gasteiger partial charge on any atom is -0.349 e. The number of carbonyl (C=O) groups is 1. The monoisotopic (exact) mass is 264 g/mol. The van der Waals surface area contributed by atoms with Crippen LogP contribution >= 0.6 is 15.9 Å². The van der Waals surface area contributed by atoms with Gasteiger partial charge in [-0.15, -0.1) is 6.42 Å². The van der Waals surface area contributed by atoms with Crippen LogP contribution in [0.25, 0.3) is 0 Å². The highest BCUT2D eigenvalue weighted by molar-refractivity contribution is 9.10. The first-order valence-corrected chi connectivity index (χ1v) is 5.28. The highest BCUT2D eigenvalue weighted by atomic mass is 79.9. The Bertz CT molecular complexity index is 450. The second kappa shape index (κ2) is 3.95. The van der Waals surface area contributed by atoms with Gasteiger partial charge in [-0.1, -0.05) is 21.9 Å². The molecule has 3 nitrogen and oxygen atoms in total. The minimum atomic E-state index is -0.0277. The molecule has 1 aromatic carbocycles. The van der Waals surface area contributed by atoms with Crippen LogP contribution in [0.4, 0.5) is 11.4 Å². The Morgan fingerprint density at radius 1 is 1.60 bits per heavy atom. The van der Waals surface area contributed by atoms with Crippen molar-refractivity contribution in [1.82, 2.24) is 0 Å². The Kier molecular flexibility index (Phi) is 2.65. The number of amides is 1. The maximum absolute atomic E-state index is 11.4. The molecule has 0 bridgehead atoms. The fraction of sp³-hybridized carbons (Fsp3) is 0.182. The molecule has 76 valence electrons. The van der Waals surface area contributed by atoms with Gasteiger partial charge in [0.25, 0.3) is 0 Å². The highest BCUT2D eigenvalue weighted by Crippen LogP contribution is 2.31. The van der Waals surface area contributed by atoms with E-state index in [4.69, 9.17) is 6.42 Å². The summed E-state index contributed by atoms with van der Waals surface area (Å²) >= 11 is 3.39. The number of fused-ring (bicyclic) bond motifs is 1. The lowest BCUT2D eigenvalue weighted by Crippen LogP contribution is -2.38. The van der Waals surface area contributed by atoms with Crippen LogP contribution in [0.1, 0.15) is 0 Å². The molecular formula is C11H9BrN2O. The third-order valence-corrected chi connectivity index (χ3v) is 2.68. The molecule has 0 fully saturated rings. The molecule has 0 atom stereocenters. The number of hydrogen-bond acceptors (Lipinski definition) is 2. The number of hydrogen-bond donors (Lipinski definition) is 1. The summed E-state index contributed by atoms with van der Waals surface area (Å²) in [6.45, 7) is 0.754. The van der Waals surface area contributed by atoms with Gasteiger partial charge in [0.2, 0.25) is 5.91 Å². The standard InChI is InChI=1S/C11H9BrN2O/c1-2-5-14-7-11(15)13-9-4-3-8(12)6-10(9)14/h1,3-4,6H,5,7H2,(H,13,15). The van der Waals surface area contributed by atoms with Gasteiger partial charge in [0.05, 0.1) is 24.5 Å². The van der Waals surface area contributed by atoms with E-state index in [2.05, 4.69) is 27.2 Å². The van der Waals surface area contributed by atoms with Gasteiger partial charge in [0, 0.05) is 4.47 Å². The molecule has 1 N–H and O–H groups in total. The molecule has 2 rings (SSSR count). The Labute approximate surface area is 96.6 Å². The van der Waals surface area contributed by atoms with E-state index in [9.17, 15) is 4.79 Å². The van der Waals surface area contributed by atoms with Crippen LogP contribution < -0.4 is 10.2 Å². The normalized spacial score (nSPS) is 14.1. The van der Waals surface area contributed by atoms with Crippen molar-refractivity contribution in [1.29, 1.82) is 0 Å². The fourth-order valence-corrected chi connectivity index (χ4v) is 1.92. The molecule has 1 heterocycles. The van der Waals surface area contributed by atoms with Crippen molar-refractivity contribution in [3.8, 4) is 12.3 Å². The van der Waals surface area contributed by atoms with E-state index in [0.29, 0.717) is 13.1 Å². The van der Waals surface area contributed by atoms with Crippen LogP contribution in [0, 0.1) is 12.3 Å². The highest BCUT2D eigenvalue weighted by Gasteiger charge is 2.20. The molecular weight excluding hydrogens is 256 g/mol. The lowest BCUT2D eigenvalue weighted by Gasteiger charge is -2.29. The zero-order valence-electron chi connectivity index (χ0n) is 7.96. The number of halogens is 1. The molecule has 1 aliphatic heterocycles. The van der Waals surface area contributed by atoms with E-state index in [1.165, 1.54) is 0 Å². The van der Waals surface area contributed by atoms with Crippen molar-refractivity contribution in [3.05, 3.63) is 22.7 Å². The van der Waals surface area contributed by atoms with Crippen LogP contribution in [-0.2, 0) is 4.79 Å². The first-order chi connectivity index (χ1) is 7.20. The third-order valence-electron chi connectivity index (χ3n) is 2.19. The van der Waals surface area contributed by atoms with Crippen molar-refractivity contribution in [2.75, 3.05) is 23.3 Å². The molecule has 0 saturated carbocycles. The van der Waals surface area contributed by atoms with Crippen molar-refractivity contribution >= 4 is 33.2 Å². The number of nitrogens with one attached hydrogen (secondary N) is 1. The summed E-state index contributed by atoms with van der Waals surface area (Å²) in [5.41, 5.74) is 1.77. The third kappa shape index (κ3) is 1.97. The first kappa shape index (κ1) is 10.1. The molecule has 4 heteroatoms. The number of terminal acetylenes is 1. The molecule has 15 heavy (non-hydrogen) atoms. The van der Waals surface area contributed by atoms with Gasteiger partial charge in [0.15, 0.2) is 0 Å². The quantitative estimate of drug-likeness (QED) is 0.786. The summed E-state index contributed by atoms with van der Waals surface area (Å²) in [7, 11) is 0. The lowest BCUT2D eigenvalue weighted by atomic mass is 10.2. The largest absolute Gasteiger partial charge is 0.349 e. The van der Waals surface area contributed by atoms with Crippen LogP contribution in [0.2, 0.25) is 0 Å². The average Bonchev–Trinajstić information content (AvgIpc) is 2.19. The lowest BCUT2D eigenvalue weighted by molar-refractivity contribution is -0.115. The fourth-order valence-electron chi connectivity index (χ4n) is 1.57. The van der Waals surface area contributed by atoms with Crippen LogP contribution in [0.15, 0.2) is 22.7 Å². The Hall–Kier alpha value is -1.47. The summed E-state index contributed by atoms with van der Waals surface area (Å²) in [5.74, 6) is 2.52. The second-order valence-electron chi connectivity index (χ2n) is 3.27. The maximum atomic E-state index is 11.4. The molecule has 0 spiro atoms. The van der Waals surface area contributed by atoms with E-state index in [0.717, 1.165) is 15.8 Å². The van der Waals surface area contributed by atoms with Crippen LogP contribution in [0.3, 0.4) is 0 Å². The van der Waals surface area contributed by atoms with E-state index in [1.807, 2.05) is 23.1 Å². The number of rotatable bonds is 1. The zero-order valence-corrected chi connectivity index (χ0v) is 9.54. The predicted octanol–water partition coefficient (Wildman–Crippen LogP) is 1.84. The summed E-state index contributed by atoms with van der Waals surface area (Å²) in [4.78, 5) is 13.2. The minimum absolute atomic E-state index is 0.0277. The molecule has 0 aromatic heterocycles. The smallest absolute Gasteiger partial charge is 0.243 e. The van der Waals surface area contributed by atoms with E-state index in [-0.39, 0.29) is 5.91 Å². The van der Waals surface area contributed by atoms with Gasteiger partial charge in [0.1, 0.15) is 0 Å². The maximum Gasteiger partial charge on any atom is 0.243 e. The van der Waals surface area contributed by atoms with E-state index < -0.39 is 0 Å². The molecule has 1 amide bonds. The number of anilines is 2. The van der Waals surface area contributed by atoms with Crippen LogP contribution in [0.5, 0.6) is 0 Å².